The van der Waals surface area contributed by atoms with Gasteiger partial charge in [-0.1, -0.05) is 42.5 Å². The monoisotopic (exact) mass is 339 g/mol. The van der Waals surface area contributed by atoms with Gasteiger partial charge < -0.3 is 4.90 Å². The van der Waals surface area contributed by atoms with Crippen molar-refractivity contribution in [2.24, 2.45) is 0 Å². The van der Waals surface area contributed by atoms with Crippen LogP contribution in [0, 0.1) is 12.7 Å². The molecule has 0 aliphatic rings. The van der Waals surface area contributed by atoms with Gasteiger partial charge in [0.05, 0.1) is 0 Å². The molecule has 6 nitrogen and oxygen atoms in total. The Balaban J connectivity index is 1.67. The van der Waals surface area contributed by atoms with Gasteiger partial charge in [0.15, 0.2) is 0 Å². The van der Waals surface area contributed by atoms with Crippen LogP contribution in [0.4, 0.5) is 4.39 Å². The van der Waals surface area contributed by atoms with Crippen molar-refractivity contribution in [1.82, 2.24) is 25.1 Å². The number of aryl methyl sites for hydroxylation is 1. The maximum atomic E-state index is 13.7. The lowest BCUT2D eigenvalue weighted by Gasteiger charge is -2.17. The predicted molar refractivity (Wildman–Crippen MR) is 90.9 cm³/mol. The van der Waals surface area contributed by atoms with Crippen molar-refractivity contribution in [1.29, 1.82) is 0 Å². The molecular weight excluding hydrogens is 321 g/mol. The minimum absolute atomic E-state index is 0.0518. The SMILES string of the molecule is Cc1ccccc1-c1nnn(CC(=O)N(C)Cc2ccccc2F)n1. The van der Waals surface area contributed by atoms with E-state index in [9.17, 15) is 9.18 Å². The van der Waals surface area contributed by atoms with Crippen molar-refractivity contribution in [2.45, 2.75) is 20.0 Å². The molecule has 0 N–H and O–H groups in total. The number of nitrogens with zero attached hydrogens (tertiary/aromatic N) is 5. The molecule has 0 unspecified atom stereocenters. The molecule has 3 rings (SSSR count). The number of rotatable bonds is 5. The largest absolute Gasteiger partial charge is 0.340 e. The summed E-state index contributed by atoms with van der Waals surface area (Å²) in [5.41, 5.74) is 2.37. The Hall–Kier alpha value is -3.09. The van der Waals surface area contributed by atoms with Crippen LogP contribution in [0.1, 0.15) is 11.1 Å². The van der Waals surface area contributed by atoms with Crippen LogP contribution in [0.15, 0.2) is 48.5 Å². The first-order chi connectivity index (χ1) is 12.0. The minimum Gasteiger partial charge on any atom is -0.340 e. The van der Waals surface area contributed by atoms with Crippen molar-refractivity contribution in [3.63, 3.8) is 0 Å². The lowest BCUT2D eigenvalue weighted by Crippen LogP contribution is -2.30. The summed E-state index contributed by atoms with van der Waals surface area (Å²) >= 11 is 0. The summed E-state index contributed by atoms with van der Waals surface area (Å²) in [5, 5.41) is 12.2. The number of carbonyl (C=O) groups excluding carboxylic acids is 1. The van der Waals surface area contributed by atoms with Crippen LogP contribution >= 0.6 is 0 Å². The van der Waals surface area contributed by atoms with E-state index >= 15 is 0 Å². The average Bonchev–Trinajstić information content (AvgIpc) is 3.05. The topological polar surface area (TPSA) is 63.9 Å². The molecule has 1 heterocycles. The molecule has 0 aliphatic heterocycles. The molecule has 1 aromatic heterocycles. The van der Waals surface area contributed by atoms with Crippen LogP contribution in [0.25, 0.3) is 11.4 Å². The van der Waals surface area contributed by atoms with Gasteiger partial charge in [-0.25, -0.2) is 4.39 Å². The Labute approximate surface area is 144 Å². The van der Waals surface area contributed by atoms with Crippen molar-refractivity contribution < 1.29 is 9.18 Å². The number of carbonyl (C=O) groups is 1. The van der Waals surface area contributed by atoms with E-state index < -0.39 is 0 Å². The third kappa shape index (κ3) is 3.88. The Morgan fingerprint density at radius 3 is 2.64 bits per heavy atom. The predicted octanol–water partition coefficient (Wildman–Crippen LogP) is 2.45. The summed E-state index contributed by atoms with van der Waals surface area (Å²) in [4.78, 5) is 15.0. The molecular formula is C18H18FN5O. The van der Waals surface area contributed by atoms with E-state index in [2.05, 4.69) is 15.4 Å². The van der Waals surface area contributed by atoms with Crippen molar-refractivity contribution in [2.75, 3.05) is 7.05 Å². The van der Waals surface area contributed by atoms with E-state index in [4.69, 9.17) is 0 Å². The highest BCUT2D eigenvalue weighted by Gasteiger charge is 2.15. The average molecular weight is 339 g/mol. The second kappa shape index (κ2) is 7.21. The molecule has 0 bridgehead atoms. The summed E-state index contributed by atoms with van der Waals surface area (Å²) < 4.78 is 13.7. The lowest BCUT2D eigenvalue weighted by atomic mass is 10.1. The minimum atomic E-state index is -0.331. The van der Waals surface area contributed by atoms with Crippen LogP contribution in [0.2, 0.25) is 0 Å². The van der Waals surface area contributed by atoms with Crippen LogP contribution in [0.3, 0.4) is 0 Å². The highest BCUT2D eigenvalue weighted by atomic mass is 19.1. The molecule has 128 valence electrons. The van der Waals surface area contributed by atoms with Gasteiger partial charge in [0, 0.05) is 24.7 Å². The summed E-state index contributed by atoms with van der Waals surface area (Å²) in [7, 11) is 1.62. The molecule has 0 atom stereocenters. The van der Waals surface area contributed by atoms with E-state index in [0.29, 0.717) is 11.4 Å². The number of likely N-dealkylation sites (N-methyl/N-ethyl adjacent to an activating group) is 1. The van der Waals surface area contributed by atoms with Gasteiger partial charge in [-0.2, -0.15) is 4.80 Å². The quantitative estimate of drug-likeness (QED) is 0.716. The van der Waals surface area contributed by atoms with Gasteiger partial charge >= 0.3 is 0 Å². The molecule has 0 spiro atoms. The number of amides is 1. The standard InChI is InChI=1S/C18H18FN5O/c1-13-7-3-5-9-15(13)18-20-22-24(21-18)12-17(25)23(2)11-14-8-4-6-10-16(14)19/h3-10H,11-12H2,1-2H3. The maximum absolute atomic E-state index is 13.7. The molecule has 25 heavy (non-hydrogen) atoms. The zero-order valence-electron chi connectivity index (χ0n) is 14.1. The van der Waals surface area contributed by atoms with E-state index in [-0.39, 0.29) is 24.8 Å². The molecule has 3 aromatic rings. The third-order valence-electron chi connectivity index (χ3n) is 3.91. The molecule has 7 heteroatoms. The lowest BCUT2D eigenvalue weighted by molar-refractivity contribution is -0.131. The molecule has 0 fully saturated rings. The van der Waals surface area contributed by atoms with Crippen molar-refractivity contribution in [3.05, 3.63) is 65.5 Å². The number of halogens is 1. The van der Waals surface area contributed by atoms with E-state index in [1.807, 2.05) is 31.2 Å². The highest BCUT2D eigenvalue weighted by Crippen LogP contribution is 2.17. The Bertz CT molecular complexity index is 892. The van der Waals surface area contributed by atoms with Gasteiger partial charge in [-0.15, -0.1) is 10.2 Å². The summed E-state index contributed by atoms with van der Waals surface area (Å²) in [6, 6.07) is 14.1. The van der Waals surface area contributed by atoms with Crippen LogP contribution < -0.4 is 0 Å². The normalized spacial score (nSPS) is 10.7. The number of hydrogen-bond acceptors (Lipinski definition) is 4. The third-order valence-corrected chi connectivity index (χ3v) is 3.91. The smallest absolute Gasteiger partial charge is 0.246 e. The first kappa shape index (κ1) is 16.8. The zero-order valence-corrected chi connectivity index (χ0v) is 14.1. The molecule has 0 saturated carbocycles. The van der Waals surface area contributed by atoms with Gasteiger partial charge in [0.1, 0.15) is 12.4 Å². The van der Waals surface area contributed by atoms with Gasteiger partial charge in [0.25, 0.3) is 0 Å². The zero-order chi connectivity index (χ0) is 17.8. The highest BCUT2D eigenvalue weighted by molar-refractivity contribution is 5.75. The molecule has 1 amide bonds. The molecule has 0 saturated heterocycles. The van der Waals surface area contributed by atoms with Crippen molar-refractivity contribution >= 4 is 5.91 Å². The summed E-state index contributed by atoms with van der Waals surface area (Å²) in [6.45, 7) is 2.10. The number of benzene rings is 2. The van der Waals surface area contributed by atoms with E-state index in [1.54, 1.807) is 25.2 Å². The van der Waals surface area contributed by atoms with Crippen LogP contribution in [0.5, 0.6) is 0 Å². The van der Waals surface area contributed by atoms with Crippen molar-refractivity contribution in [3.8, 4) is 11.4 Å². The van der Waals surface area contributed by atoms with Gasteiger partial charge in [0.2, 0.25) is 11.7 Å². The van der Waals surface area contributed by atoms with Crippen LogP contribution in [-0.2, 0) is 17.9 Å². The van der Waals surface area contributed by atoms with Crippen LogP contribution in [-0.4, -0.2) is 38.1 Å². The Kier molecular flexibility index (Phi) is 4.83. The van der Waals surface area contributed by atoms with Gasteiger partial charge in [-0.05, 0) is 23.8 Å². The number of hydrogen-bond donors (Lipinski definition) is 0. The number of tetrazole rings is 1. The summed E-state index contributed by atoms with van der Waals surface area (Å²) in [5.74, 6) is -0.0810. The second-order valence-electron chi connectivity index (χ2n) is 5.80. The van der Waals surface area contributed by atoms with Gasteiger partial charge in [-0.3, -0.25) is 4.79 Å². The Morgan fingerprint density at radius 2 is 1.88 bits per heavy atom. The first-order valence-corrected chi connectivity index (χ1v) is 7.86. The second-order valence-corrected chi connectivity index (χ2v) is 5.80. The maximum Gasteiger partial charge on any atom is 0.246 e. The van der Waals surface area contributed by atoms with E-state index in [0.717, 1.165) is 11.1 Å². The number of aromatic nitrogens is 4. The fourth-order valence-electron chi connectivity index (χ4n) is 2.45. The fraction of sp³-hybridized carbons (Fsp3) is 0.222. The molecule has 0 aliphatic carbocycles. The molecule has 0 radical (unpaired) electrons. The fourth-order valence-corrected chi connectivity index (χ4v) is 2.45. The van der Waals surface area contributed by atoms with E-state index in [1.165, 1.54) is 15.8 Å². The Morgan fingerprint density at radius 1 is 1.16 bits per heavy atom. The first-order valence-electron chi connectivity index (χ1n) is 7.86. The summed E-state index contributed by atoms with van der Waals surface area (Å²) in [6.07, 6.45) is 0. The molecule has 2 aromatic carbocycles.